The van der Waals surface area contributed by atoms with E-state index in [0.29, 0.717) is 24.4 Å². The number of nitrogens with zero attached hydrogens (tertiary/aromatic N) is 4. The molecule has 0 aromatic carbocycles. The quantitative estimate of drug-likeness (QED) is 0.852. The van der Waals surface area contributed by atoms with Gasteiger partial charge in [0, 0.05) is 57.2 Å². The van der Waals surface area contributed by atoms with Crippen molar-refractivity contribution in [3.8, 4) is 0 Å². The molecule has 2 aliphatic rings. The van der Waals surface area contributed by atoms with Gasteiger partial charge in [0.1, 0.15) is 0 Å². The second-order valence-electron chi connectivity index (χ2n) is 6.02. The molecule has 21 heavy (non-hydrogen) atoms. The Morgan fingerprint density at radius 2 is 2.05 bits per heavy atom. The summed E-state index contributed by atoms with van der Waals surface area (Å²) < 4.78 is 1.85. The van der Waals surface area contributed by atoms with Gasteiger partial charge in [-0.1, -0.05) is 6.92 Å². The van der Waals surface area contributed by atoms with Gasteiger partial charge in [-0.05, 0) is 19.3 Å². The first kappa shape index (κ1) is 14.5. The van der Waals surface area contributed by atoms with Gasteiger partial charge in [0.05, 0.1) is 0 Å². The van der Waals surface area contributed by atoms with Gasteiger partial charge in [0.15, 0.2) is 5.82 Å². The van der Waals surface area contributed by atoms with E-state index in [9.17, 15) is 4.79 Å². The molecule has 2 heterocycles. The van der Waals surface area contributed by atoms with Crippen LogP contribution in [-0.2, 0) is 0 Å². The van der Waals surface area contributed by atoms with E-state index in [4.69, 9.17) is 5.73 Å². The lowest BCUT2D eigenvalue weighted by Gasteiger charge is -2.38. The maximum absolute atomic E-state index is 12.5. The van der Waals surface area contributed by atoms with Crippen molar-refractivity contribution >= 4 is 5.82 Å². The summed E-state index contributed by atoms with van der Waals surface area (Å²) in [6, 6.07) is 0.862. The summed E-state index contributed by atoms with van der Waals surface area (Å²) in [4.78, 5) is 21.4. The first-order chi connectivity index (χ1) is 10.2. The molecule has 1 unspecified atom stereocenters. The van der Waals surface area contributed by atoms with Gasteiger partial charge in [-0.3, -0.25) is 9.69 Å². The molecule has 1 saturated heterocycles. The van der Waals surface area contributed by atoms with Crippen molar-refractivity contribution in [1.82, 2.24) is 14.5 Å². The summed E-state index contributed by atoms with van der Waals surface area (Å²) in [7, 11) is 0. The Hall–Kier alpha value is -1.40. The third-order valence-corrected chi connectivity index (χ3v) is 4.66. The molecule has 0 spiro atoms. The number of hydrogen-bond acceptors (Lipinski definition) is 5. The molecule has 6 heteroatoms. The minimum absolute atomic E-state index is 0.0688. The fourth-order valence-electron chi connectivity index (χ4n) is 3.14. The van der Waals surface area contributed by atoms with Crippen LogP contribution in [0.15, 0.2) is 17.2 Å². The van der Waals surface area contributed by atoms with Gasteiger partial charge < -0.3 is 15.2 Å². The summed E-state index contributed by atoms with van der Waals surface area (Å²) in [6.45, 7) is 6.50. The molecule has 1 aromatic heterocycles. The highest BCUT2D eigenvalue weighted by atomic mass is 16.1. The molecule has 0 amide bonds. The van der Waals surface area contributed by atoms with Crippen molar-refractivity contribution in [1.29, 1.82) is 0 Å². The normalized spacial score (nSPS) is 21.5. The number of piperazine rings is 1. The maximum Gasteiger partial charge on any atom is 0.293 e. The number of hydrogen-bond donors (Lipinski definition) is 1. The Kier molecular flexibility index (Phi) is 4.26. The average molecular weight is 291 g/mol. The van der Waals surface area contributed by atoms with E-state index in [0.717, 1.165) is 45.4 Å². The zero-order valence-electron chi connectivity index (χ0n) is 12.7. The molecule has 2 fully saturated rings. The standard InChI is InChI=1S/C15H25N5O/c1-2-12(11-16)18-7-9-19(10-8-18)14-15(21)20(6-5-17-14)13-3-4-13/h5-6,12-13H,2-4,7-11,16H2,1H3. The van der Waals surface area contributed by atoms with E-state index in [-0.39, 0.29) is 5.56 Å². The molecule has 1 aromatic rings. The van der Waals surface area contributed by atoms with Crippen molar-refractivity contribution in [3.63, 3.8) is 0 Å². The Morgan fingerprint density at radius 1 is 1.33 bits per heavy atom. The first-order valence-corrected chi connectivity index (χ1v) is 8.00. The van der Waals surface area contributed by atoms with E-state index in [1.165, 1.54) is 0 Å². The Morgan fingerprint density at radius 3 is 2.62 bits per heavy atom. The molecule has 2 N–H and O–H groups in total. The van der Waals surface area contributed by atoms with Gasteiger partial charge in [-0.25, -0.2) is 4.98 Å². The molecular formula is C15H25N5O. The highest BCUT2D eigenvalue weighted by Crippen LogP contribution is 2.33. The van der Waals surface area contributed by atoms with E-state index in [2.05, 4.69) is 21.7 Å². The highest BCUT2D eigenvalue weighted by molar-refractivity contribution is 5.36. The summed E-state index contributed by atoms with van der Waals surface area (Å²) >= 11 is 0. The van der Waals surface area contributed by atoms with Crippen LogP contribution in [-0.4, -0.2) is 53.2 Å². The van der Waals surface area contributed by atoms with Crippen LogP contribution >= 0.6 is 0 Å². The van der Waals surface area contributed by atoms with Crippen molar-refractivity contribution in [2.75, 3.05) is 37.6 Å². The van der Waals surface area contributed by atoms with Crippen LogP contribution in [0.25, 0.3) is 0 Å². The molecule has 116 valence electrons. The predicted molar refractivity (Wildman–Crippen MR) is 83.7 cm³/mol. The second kappa shape index (κ2) is 6.15. The Labute approximate surface area is 125 Å². The summed E-state index contributed by atoms with van der Waals surface area (Å²) in [5.41, 5.74) is 5.89. The zero-order valence-corrected chi connectivity index (χ0v) is 12.7. The number of rotatable bonds is 5. The van der Waals surface area contributed by atoms with Gasteiger partial charge in [0.2, 0.25) is 0 Å². The van der Waals surface area contributed by atoms with Crippen molar-refractivity contribution in [2.24, 2.45) is 5.73 Å². The van der Waals surface area contributed by atoms with Crippen LogP contribution in [0.2, 0.25) is 0 Å². The molecule has 1 aliphatic carbocycles. The lowest BCUT2D eigenvalue weighted by molar-refractivity contribution is 0.184. The minimum Gasteiger partial charge on any atom is -0.349 e. The van der Waals surface area contributed by atoms with Crippen LogP contribution in [0, 0.1) is 0 Å². The third kappa shape index (κ3) is 2.96. The first-order valence-electron chi connectivity index (χ1n) is 8.00. The maximum atomic E-state index is 12.5. The van der Waals surface area contributed by atoms with E-state index in [1.807, 2.05) is 10.8 Å². The third-order valence-electron chi connectivity index (χ3n) is 4.66. The van der Waals surface area contributed by atoms with Crippen LogP contribution in [0.4, 0.5) is 5.82 Å². The van der Waals surface area contributed by atoms with E-state index >= 15 is 0 Å². The summed E-state index contributed by atoms with van der Waals surface area (Å²) in [5.74, 6) is 0.616. The molecule has 1 atom stereocenters. The van der Waals surface area contributed by atoms with Crippen LogP contribution < -0.4 is 16.2 Å². The van der Waals surface area contributed by atoms with Crippen LogP contribution in [0.3, 0.4) is 0 Å². The predicted octanol–water partition coefficient (Wildman–Crippen LogP) is 0.438. The van der Waals surface area contributed by atoms with E-state index in [1.54, 1.807) is 6.20 Å². The smallest absolute Gasteiger partial charge is 0.293 e. The fraction of sp³-hybridized carbons (Fsp3) is 0.733. The van der Waals surface area contributed by atoms with Crippen LogP contribution in [0.5, 0.6) is 0 Å². The topological polar surface area (TPSA) is 67.4 Å². The summed E-state index contributed by atoms with van der Waals surface area (Å²) in [6.07, 6.45) is 6.89. The van der Waals surface area contributed by atoms with Crippen molar-refractivity contribution < 1.29 is 0 Å². The van der Waals surface area contributed by atoms with Gasteiger partial charge in [-0.2, -0.15) is 0 Å². The fourth-order valence-corrected chi connectivity index (χ4v) is 3.14. The van der Waals surface area contributed by atoms with Gasteiger partial charge in [0.25, 0.3) is 5.56 Å². The molecule has 3 rings (SSSR count). The number of anilines is 1. The molecule has 1 saturated carbocycles. The lowest BCUT2D eigenvalue weighted by atomic mass is 10.1. The molecule has 1 aliphatic heterocycles. The Bertz CT molecular complexity index is 527. The molecular weight excluding hydrogens is 266 g/mol. The van der Waals surface area contributed by atoms with E-state index < -0.39 is 0 Å². The minimum atomic E-state index is 0.0688. The molecule has 6 nitrogen and oxygen atoms in total. The second-order valence-corrected chi connectivity index (χ2v) is 6.02. The number of aromatic nitrogens is 2. The lowest BCUT2D eigenvalue weighted by Crippen LogP contribution is -2.53. The SMILES string of the molecule is CCC(CN)N1CCN(c2nccn(C3CC3)c2=O)CC1. The average Bonchev–Trinajstić information content (AvgIpc) is 3.34. The molecule has 0 bridgehead atoms. The highest BCUT2D eigenvalue weighted by Gasteiger charge is 2.28. The number of nitrogens with two attached hydrogens (primary N) is 1. The monoisotopic (exact) mass is 291 g/mol. The summed E-state index contributed by atoms with van der Waals surface area (Å²) in [5, 5.41) is 0. The largest absolute Gasteiger partial charge is 0.349 e. The Balaban J connectivity index is 1.70. The van der Waals surface area contributed by atoms with Crippen molar-refractivity contribution in [2.45, 2.75) is 38.3 Å². The zero-order chi connectivity index (χ0) is 14.8. The van der Waals surface area contributed by atoms with Gasteiger partial charge >= 0.3 is 0 Å². The van der Waals surface area contributed by atoms with Crippen molar-refractivity contribution in [3.05, 3.63) is 22.7 Å². The molecule has 0 radical (unpaired) electrons. The van der Waals surface area contributed by atoms with Crippen LogP contribution in [0.1, 0.15) is 32.2 Å². The van der Waals surface area contributed by atoms with Gasteiger partial charge in [-0.15, -0.1) is 0 Å².